The molecule has 25 heavy (non-hydrogen) atoms. The summed E-state index contributed by atoms with van der Waals surface area (Å²) in [6, 6.07) is 15.9. The number of benzene rings is 2. The summed E-state index contributed by atoms with van der Waals surface area (Å²) in [5, 5.41) is 0. The SMILES string of the molecule is C=C(CCc1cccc(C(C)(C)C)c1)c1ccc(CCCC)c(C)c1. The smallest absolute Gasteiger partial charge is 0.0132 e. The molecule has 0 saturated heterocycles. The highest BCUT2D eigenvalue weighted by atomic mass is 14.2. The molecule has 0 aliphatic carbocycles. The van der Waals surface area contributed by atoms with Gasteiger partial charge in [0.2, 0.25) is 0 Å². The van der Waals surface area contributed by atoms with E-state index in [1.807, 2.05) is 0 Å². The van der Waals surface area contributed by atoms with Crippen molar-refractivity contribution in [1.82, 2.24) is 0 Å². The Bertz CT molecular complexity index is 713. The lowest BCUT2D eigenvalue weighted by Gasteiger charge is -2.20. The summed E-state index contributed by atoms with van der Waals surface area (Å²) >= 11 is 0. The van der Waals surface area contributed by atoms with E-state index in [1.165, 1.54) is 52.7 Å². The topological polar surface area (TPSA) is 0 Å². The summed E-state index contributed by atoms with van der Waals surface area (Å²) in [7, 11) is 0. The monoisotopic (exact) mass is 334 g/mol. The summed E-state index contributed by atoms with van der Waals surface area (Å²) in [5.41, 5.74) is 8.45. The van der Waals surface area contributed by atoms with E-state index in [4.69, 9.17) is 0 Å². The predicted octanol–water partition coefficient (Wildman–Crippen LogP) is 7.28. The molecule has 0 atom stereocenters. The van der Waals surface area contributed by atoms with Crippen LogP contribution >= 0.6 is 0 Å². The molecule has 0 heteroatoms. The van der Waals surface area contributed by atoms with Gasteiger partial charge in [-0.05, 0) is 71.4 Å². The van der Waals surface area contributed by atoms with E-state index >= 15 is 0 Å². The minimum Gasteiger partial charge on any atom is -0.0952 e. The molecule has 0 heterocycles. The van der Waals surface area contributed by atoms with Gasteiger partial charge in [0.25, 0.3) is 0 Å². The average molecular weight is 335 g/mol. The molecular weight excluding hydrogens is 300 g/mol. The fraction of sp³-hybridized carbons (Fsp3) is 0.440. The number of hydrogen-bond acceptors (Lipinski definition) is 0. The average Bonchev–Trinajstić information content (AvgIpc) is 2.58. The molecular formula is C25H34. The van der Waals surface area contributed by atoms with Gasteiger partial charge in [-0.25, -0.2) is 0 Å². The molecule has 0 saturated carbocycles. The van der Waals surface area contributed by atoms with E-state index in [-0.39, 0.29) is 5.41 Å². The lowest BCUT2D eigenvalue weighted by atomic mass is 9.85. The minimum absolute atomic E-state index is 0.207. The summed E-state index contributed by atoms with van der Waals surface area (Å²) in [4.78, 5) is 0. The number of allylic oxidation sites excluding steroid dienone is 1. The molecule has 0 nitrogen and oxygen atoms in total. The summed E-state index contributed by atoms with van der Waals surface area (Å²) in [5.74, 6) is 0. The zero-order valence-corrected chi connectivity index (χ0v) is 16.8. The highest BCUT2D eigenvalue weighted by Crippen LogP contribution is 2.25. The molecule has 0 radical (unpaired) electrons. The van der Waals surface area contributed by atoms with E-state index in [9.17, 15) is 0 Å². The summed E-state index contributed by atoms with van der Waals surface area (Å²) < 4.78 is 0. The second-order valence-electron chi connectivity index (χ2n) is 8.30. The van der Waals surface area contributed by atoms with Crippen molar-refractivity contribution >= 4 is 5.57 Å². The second-order valence-corrected chi connectivity index (χ2v) is 8.30. The molecule has 0 amide bonds. The van der Waals surface area contributed by atoms with E-state index < -0.39 is 0 Å². The molecule has 134 valence electrons. The molecule has 0 spiro atoms. The maximum atomic E-state index is 4.34. The van der Waals surface area contributed by atoms with Gasteiger partial charge in [0.15, 0.2) is 0 Å². The molecule has 0 fully saturated rings. The van der Waals surface area contributed by atoms with Gasteiger partial charge in [-0.1, -0.05) is 83.2 Å². The van der Waals surface area contributed by atoms with E-state index in [0.29, 0.717) is 0 Å². The fourth-order valence-corrected chi connectivity index (χ4v) is 3.20. The number of unbranched alkanes of at least 4 members (excludes halogenated alkanes) is 1. The van der Waals surface area contributed by atoms with E-state index in [0.717, 1.165) is 12.8 Å². The minimum atomic E-state index is 0.207. The molecule has 0 unspecified atom stereocenters. The van der Waals surface area contributed by atoms with Crippen LogP contribution in [0.5, 0.6) is 0 Å². The van der Waals surface area contributed by atoms with Gasteiger partial charge in [-0.15, -0.1) is 0 Å². The van der Waals surface area contributed by atoms with Crippen molar-refractivity contribution in [1.29, 1.82) is 0 Å². The van der Waals surface area contributed by atoms with E-state index in [2.05, 4.69) is 83.7 Å². The lowest BCUT2D eigenvalue weighted by molar-refractivity contribution is 0.589. The second kappa shape index (κ2) is 8.52. The molecule has 0 aliphatic heterocycles. The van der Waals surface area contributed by atoms with Gasteiger partial charge in [-0.3, -0.25) is 0 Å². The maximum Gasteiger partial charge on any atom is -0.0132 e. The van der Waals surface area contributed by atoms with Crippen LogP contribution in [0.25, 0.3) is 5.57 Å². The largest absolute Gasteiger partial charge is 0.0952 e. The predicted molar refractivity (Wildman–Crippen MR) is 112 cm³/mol. The Morgan fingerprint density at radius 1 is 1.00 bits per heavy atom. The first-order chi connectivity index (χ1) is 11.8. The Hall–Kier alpha value is -1.82. The van der Waals surface area contributed by atoms with Crippen molar-refractivity contribution < 1.29 is 0 Å². The molecule has 2 aromatic rings. The van der Waals surface area contributed by atoms with Crippen molar-refractivity contribution in [2.75, 3.05) is 0 Å². The molecule has 2 rings (SSSR count). The van der Waals surface area contributed by atoms with Crippen molar-refractivity contribution in [3.8, 4) is 0 Å². The third-order valence-corrected chi connectivity index (χ3v) is 5.06. The van der Waals surface area contributed by atoms with Crippen LogP contribution in [-0.4, -0.2) is 0 Å². The van der Waals surface area contributed by atoms with Gasteiger partial charge in [0, 0.05) is 0 Å². The van der Waals surface area contributed by atoms with Gasteiger partial charge in [0.05, 0.1) is 0 Å². The van der Waals surface area contributed by atoms with Crippen LogP contribution in [-0.2, 0) is 18.3 Å². The van der Waals surface area contributed by atoms with Crippen LogP contribution in [0.1, 0.15) is 74.8 Å². The highest BCUT2D eigenvalue weighted by molar-refractivity contribution is 5.64. The van der Waals surface area contributed by atoms with Crippen molar-refractivity contribution in [2.45, 2.75) is 72.1 Å². The first-order valence-corrected chi connectivity index (χ1v) is 9.68. The van der Waals surface area contributed by atoms with Crippen LogP contribution in [0, 0.1) is 6.92 Å². The normalized spacial score (nSPS) is 11.6. The standard InChI is InChI=1S/C25H34/c1-7-8-11-22-15-16-23(17-20(22)3)19(2)13-14-21-10-9-12-24(18-21)25(4,5)6/h9-10,12,15-18H,2,7-8,11,13-14H2,1,3-6H3. The van der Waals surface area contributed by atoms with Crippen molar-refractivity contribution in [3.63, 3.8) is 0 Å². The van der Waals surface area contributed by atoms with Gasteiger partial charge in [-0.2, -0.15) is 0 Å². The lowest BCUT2D eigenvalue weighted by Crippen LogP contribution is -2.11. The van der Waals surface area contributed by atoms with Crippen molar-refractivity contribution in [3.05, 3.63) is 76.9 Å². The van der Waals surface area contributed by atoms with Gasteiger partial charge in [0.1, 0.15) is 0 Å². The summed E-state index contributed by atoms with van der Waals surface area (Å²) in [6.45, 7) is 15.6. The molecule has 0 aliphatic rings. The van der Waals surface area contributed by atoms with Crippen LogP contribution in [0.3, 0.4) is 0 Å². The van der Waals surface area contributed by atoms with Gasteiger partial charge < -0.3 is 0 Å². The van der Waals surface area contributed by atoms with E-state index in [1.54, 1.807) is 0 Å². The zero-order valence-electron chi connectivity index (χ0n) is 16.8. The Kier molecular flexibility index (Phi) is 6.64. The van der Waals surface area contributed by atoms with Crippen molar-refractivity contribution in [2.24, 2.45) is 0 Å². The quantitative estimate of drug-likeness (QED) is 0.499. The maximum absolute atomic E-state index is 4.34. The van der Waals surface area contributed by atoms with Crippen LogP contribution in [0.2, 0.25) is 0 Å². The number of rotatable bonds is 7. The van der Waals surface area contributed by atoms with Crippen LogP contribution in [0.4, 0.5) is 0 Å². The Labute approximate surface area is 155 Å². The number of aryl methyl sites for hydroxylation is 3. The third kappa shape index (κ3) is 5.59. The molecule has 2 aromatic carbocycles. The molecule has 0 bridgehead atoms. The van der Waals surface area contributed by atoms with Crippen LogP contribution < -0.4 is 0 Å². The Balaban J connectivity index is 2.02. The fourth-order valence-electron chi connectivity index (χ4n) is 3.20. The zero-order chi connectivity index (χ0) is 18.4. The summed E-state index contributed by atoms with van der Waals surface area (Å²) in [6.07, 6.45) is 5.78. The Morgan fingerprint density at radius 2 is 1.76 bits per heavy atom. The molecule has 0 aromatic heterocycles. The Morgan fingerprint density at radius 3 is 2.40 bits per heavy atom. The first-order valence-electron chi connectivity index (χ1n) is 9.68. The number of hydrogen-bond donors (Lipinski definition) is 0. The highest BCUT2D eigenvalue weighted by Gasteiger charge is 2.13. The first kappa shape index (κ1) is 19.5. The third-order valence-electron chi connectivity index (χ3n) is 5.06. The van der Waals surface area contributed by atoms with Crippen LogP contribution in [0.15, 0.2) is 49.0 Å². The molecule has 0 N–H and O–H groups in total. The van der Waals surface area contributed by atoms with Gasteiger partial charge >= 0.3 is 0 Å².